The molecule has 1 aliphatic rings. The first kappa shape index (κ1) is 8.35. The van der Waals surface area contributed by atoms with Crippen LogP contribution in [0.5, 0.6) is 0 Å². The summed E-state index contributed by atoms with van der Waals surface area (Å²) in [6.07, 6.45) is 2.03. The molecule has 0 fully saturated rings. The van der Waals surface area contributed by atoms with Crippen LogP contribution in [0.3, 0.4) is 0 Å². The number of hydrogen-bond acceptors (Lipinski definition) is 3. The van der Waals surface area contributed by atoms with E-state index in [9.17, 15) is 4.79 Å². The highest BCUT2D eigenvalue weighted by Gasteiger charge is 2.14. The fourth-order valence-electron chi connectivity index (χ4n) is 1.79. The zero-order chi connectivity index (χ0) is 10.3. The minimum absolute atomic E-state index is 0.167. The Morgan fingerprint density at radius 2 is 2.13 bits per heavy atom. The van der Waals surface area contributed by atoms with Crippen molar-refractivity contribution in [3.63, 3.8) is 0 Å². The molecule has 1 aromatic heterocycles. The molecule has 74 valence electrons. The Morgan fingerprint density at radius 1 is 1.27 bits per heavy atom. The molecule has 0 saturated carbocycles. The van der Waals surface area contributed by atoms with Crippen LogP contribution in [0.1, 0.15) is 6.42 Å². The molecule has 3 rings (SSSR count). The lowest BCUT2D eigenvalue weighted by atomic mass is 10.3. The van der Waals surface area contributed by atoms with E-state index in [1.54, 1.807) is 6.21 Å². The van der Waals surface area contributed by atoms with E-state index < -0.39 is 0 Å². The second-order valence-corrected chi connectivity index (χ2v) is 3.54. The Balaban J connectivity index is 2.32. The molecule has 1 aromatic carbocycles. The second kappa shape index (κ2) is 3.02. The Morgan fingerprint density at radius 3 is 3.07 bits per heavy atom. The molecule has 4 nitrogen and oxygen atoms in total. The molecule has 15 heavy (non-hydrogen) atoms. The quantitative estimate of drug-likeness (QED) is 0.648. The average molecular weight is 199 g/mol. The lowest BCUT2D eigenvalue weighted by Crippen LogP contribution is -2.07. The number of carbonyl (C=O) groups excluding carboxylic acids is 1. The van der Waals surface area contributed by atoms with Crippen LogP contribution >= 0.6 is 0 Å². The van der Waals surface area contributed by atoms with Crippen LogP contribution in [-0.2, 0) is 11.3 Å². The normalized spacial score (nSPS) is 15.3. The molecule has 0 radical (unpaired) electrons. The van der Waals surface area contributed by atoms with E-state index in [0.717, 1.165) is 11.0 Å². The summed E-state index contributed by atoms with van der Waals surface area (Å²) in [5.74, 6) is 0.794. The number of imidazole rings is 1. The number of hydrogen-bond donors (Lipinski definition) is 0. The smallest absolute Gasteiger partial charge is 0.230 e. The summed E-state index contributed by atoms with van der Waals surface area (Å²) in [6, 6.07) is 7.76. The molecule has 0 N–H and O–H groups in total. The highest BCUT2D eigenvalue weighted by Crippen LogP contribution is 2.22. The lowest BCUT2D eigenvalue weighted by Gasteiger charge is -2.00. The molecular weight excluding hydrogens is 190 g/mol. The largest absolute Gasteiger partial charge is 0.301 e. The summed E-state index contributed by atoms with van der Waals surface area (Å²) in [6.45, 7) is 0.371. The van der Waals surface area contributed by atoms with Crippen molar-refractivity contribution in [1.29, 1.82) is 0 Å². The summed E-state index contributed by atoms with van der Waals surface area (Å²) < 4.78 is 1.86. The number of fused-ring (bicyclic) bond motifs is 3. The Hall–Kier alpha value is -1.97. The van der Waals surface area contributed by atoms with Gasteiger partial charge in [-0.15, -0.1) is 0 Å². The van der Waals surface area contributed by atoms with Crippen LogP contribution in [0.2, 0.25) is 0 Å². The van der Waals surface area contributed by atoms with E-state index in [0.29, 0.717) is 18.9 Å². The highest BCUT2D eigenvalue weighted by atomic mass is 16.1. The van der Waals surface area contributed by atoms with E-state index in [1.807, 2.05) is 28.8 Å². The van der Waals surface area contributed by atoms with Crippen molar-refractivity contribution in [3.05, 3.63) is 24.3 Å². The molecule has 1 aliphatic heterocycles. The van der Waals surface area contributed by atoms with Gasteiger partial charge in [0, 0.05) is 12.6 Å². The van der Waals surface area contributed by atoms with Crippen molar-refractivity contribution < 1.29 is 4.79 Å². The number of aliphatic imine (C=N–C) groups is 1. The van der Waals surface area contributed by atoms with E-state index >= 15 is 0 Å². The maximum atomic E-state index is 11.4. The predicted octanol–water partition coefficient (Wildman–Crippen LogP) is 1.71. The van der Waals surface area contributed by atoms with Gasteiger partial charge < -0.3 is 4.57 Å². The fraction of sp³-hybridized carbons (Fsp3) is 0.182. The molecule has 2 heterocycles. The van der Waals surface area contributed by atoms with Gasteiger partial charge in [-0.2, -0.15) is 0 Å². The van der Waals surface area contributed by atoms with Crippen LogP contribution in [0, 0.1) is 0 Å². The monoisotopic (exact) mass is 199 g/mol. The summed E-state index contributed by atoms with van der Waals surface area (Å²) in [5, 5.41) is 0. The molecule has 0 aliphatic carbocycles. The number of aromatic nitrogens is 2. The highest BCUT2D eigenvalue weighted by molar-refractivity contribution is 5.94. The van der Waals surface area contributed by atoms with Gasteiger partial charge in [0.15, 0.2) is 5.78 Å². The molecule has 4 heteroatoms. The first-order chi connectivity index (χ1) is 7.34. The number of Topliss-reactive ketones (excluding diaryl/α,β-unsaturated/α-hetero) is 1. The SMILES string of the molecule is O=C1CC=Nc2nc3ccccc3n2C1. The standard InChI is InChI=1S/C11H9N3O/c15-8-5-6-12-11-13-9-3-1-2-4-10(9)14(11)7-8/h1-4,6H,5,7H2. The number of ketones is 1. The third-order valence-electron chi connectivity index (χ3n) is 2.49. The van der Waals surface area contributed by atoms with Gasteiger partial charge in [0.05, 0.1) is 17.6 Å². The lowest BCUT2D eigenvalue weighted by molar-refractivity contribution is -0.118. The minimum atomic E-state index is 0.167. The number of nitrogens with zero attached hydrogens (tertiary/aromatic N) is 3. The Bertz CT molecular complexity index is 568. The van der Waals surface area contributed by atoms with Gasteiger partial charge in [-0.05, 0) is 12.1 Å². The third kappa shape index (κ3) is 1.26. The molecule has 0 unspecified atom stereocenters. The first-order valence-electron chi connectivity index (χ1n) is 4.84. The number of benzene rings is 1. The van der Waals surface area contributed by atoms with Gasteiger partial charge in [0.25, 0.3) is 0 Å². The van der Waals surface area contributed by atoms with Crippen LogP contribution in [0.15, 0.2) is 29.3 Å². The summed E-state index contributed by atoms with van der Waals surface area (Å²) in [5.41, 5.74) is 1.86. The van der Waals surface area contributed by atoms with E-state index in [-0.39, 0.29) is 5.78 Å². The van der Waals surface area contributed by atoms with Crippen molar-refractivity contribution in [1.82, 2.24) is 9.55 Å². The van der Waals surface area contributed by atoms with Gasteiger partial charge >= 0.3 is 0 Å². The summed E-state index contributed by atoms with van der Waals surface area (Å²) in [4.78, 5) is 20.0. The molecule has 0 amide bonds. The predicted molar refractivity (Wildman–Crippen MR) is 57.5 cm³/mol. The first-order valence-corrected chi connectivity index (χ1v) is 4.84. The minimum Gasteiger partial charge on any atom is -0.301 e. The van der Waals surface area contributed by atoms with Crippen molar-refractivity contribution in [2.45, 2.75) is 13.0 Å². The van der Waals surface area contributed by atoms with E-state index in [4.69, 9.17) is 0 Å². The average Bonchev–Trinajstić information content (AvgIpc) is 2.47. The van der Waals surface area contributed by atoms with Gasteiger partial charge in [-0.1, -0.05) is 12.1 Å². The Labute approximate surface area is 86.3 Å². The fourth-order valence-corrected chi connectivity index (χ4v) is 1.79. The maximum Gasteiger partial charge on any atom is 0.230 e. The van der Waals surface area contributed by atoms with Crippen LogP contribution in [-0.4, -0.2) is 21.5 Å². The van der Waals surface area contributed by atoms with Gasteiger partial charge in [-0.25, -0.2) is 9.98 Å². The maximum absolute atomic E-state index is 11.4. The van der Waals surface area contributed by atoms with E-state index in [1.165, 1.54) is 0 Å². The van der Waals surface area contributed by atoms with Crippen LogP contribution in [0.4, 0.5) is 5.95 Å². The number of carbonyl (C=O) groups is 1. The topological polar surface area (TPSA) is 47.2 Å². The molecule has 2 aromatic rings. The van der Waals surface area contributed by atoms with E-state index in [2.05, 4.69) is 9.98 Å². The molecular formula is C11H9N3O. The van der Waals surface area contributed by atoms with Crippen LogP contribution in [0.25, 0.3) is 11.0 Å². The van der Waals surface area contributed by atoms with Crippen molar-refractivity contribution in [3.8, 4) is 0 Å². The molecule has 0 bridgehead atoms. The van der Waals surface area contributed by atoms with Crippen molar-refractivity contribution >= 4 is 29.0 Å². The Kier molecular flexibility index (Phi) is 1.68. The molecule has 0 saturated heterocycles. The zero-order valence-corrected chi connectivity index (χ0v) is 8.05. The van der Waals surface area contributed by atoms with Gasteiger partial charge in [-0.3, -0.25) is 4.79 Å². The van der Waals surface area contributed by atoms with Crippen molar-refractivity contribution in [2.24, 2.45) is 4.99 Å². The molecule has 0 atom stereocenters. The van der Waals surface area contributed by atoms with Crippen molar-refractivity contribution in [2.75, 3.05) is 0 Å². The number of para-hydroxylation sites is 2. The van der Waals surface area contributed by atoms with Gasteiger partial charge in [0.1, 0.15) is 0 Å². The van der Waals surface area contributed by atoms with Crippen LogP contribution < -0.4 is 0 Å². The van der Waals surface area contributed by atoms with Gasteiger partial charge in [0.2, 0.25) is 5.95 Å². The summed E-state index contributed by atoms with van der Waals surface area (Å²) in [7, 11) is 0. The third-order valence-corrected chi connectivity index (χ3v) is 2.49. The zero-order valence-electron chi connectivity index (χ0n) is 8.05. The summed E-state index contributed by atoms with van der Waals surface area (Å²) >= 11 is 0. The number of rotatable bonds is 0. The second-order valence-electron chi connectivity index (χ2n) is 3.54. The molecule has 0 spiro atoms.